The van der Waals surface area contributed by atoms with Gasteiger partial charge in [-0.15, -0.1) is 6.58 Å². The van der Waals surface area contributed by atoms with Crippen molar-refractivity contribution in [2.24, 2.45) is 0 Å². The van der Waals surface area contributed by atoms with Gasteiger partial charge >= 0.3 is 5.97 Å². The fourth-order valence-corrected chi connectivity index (χ4v) is 2.41. The number of thioether (sulfide) groups is 1. The number of carbonyl (C=O) groups is 1. The molecule has 0 unspecified atom stereocenters. The van der Waals surface area contributed by atoms with E-state index in [0.717, 1.165) is 11.8 Å². The lowest BCUT2D eigenvalue weighted by Crippen LogP contribution is -2.24. The predicted octanol–water partition coefficient (Wildman–Crippen LogP) is 2.38. The summed E-state index contributed by atoms with van der Waals surface area (Å²) in [5, 5.41) is 0. The van der Waals surface area contributed by atoms with Gasteiger partial charge in [-0.25, -0.2) is 13.6 Å². The topological polar surface area (TPSA) is 29.5 Å². The molecule has 0 spiro atoms. The molecule has 6 heteroatoms. The lowest BCUT2D eigenvalue weighted by molar-refractivity contribution is -0.137. The maximum absolute atomic E-state index is 12.9. The summed E-state index contributed by atoms with van der Waals surface area (Å²) in [7, 11) is 0. The number of halogens is 2. The number of alkyl halides is 2. The largest absolute Gasteiger partial charge is 0.457 e. The second-order valence-electron chi connectivity index (χ2n) is 3.19. The van der Waals surface area contributed by atoms with Crippen LogP contribution in [0.4, 0.5) is 8.78 Å². The van der Waals surface area contributed by atoms with Gasteiger partial charge in [0.1, 0.15) is 17.2 Å². The van der Waals surface area contributed by atoms with Gasteiger partial charge < -0.3 is 9.64 Å². The zero-order valence-corrected chi connectivity index (χ0v) is 10.0. The highest BCUT2D eigenvalue weighted by molar-refractivity contribution is 8.04. The van der Waals surface area contributed by atoms with Crippen LogP contribution in [0.15, 0.2) is 35.9 Å². The van der Waals surface area contributed by atoms with Crippen molar-refractivity contribution < 1.29 is 18.3 Å². The van der Waals surface area contributed by atoms with E-state index in [-0.39, 0.29) is 23.8 Å². The molecule has 1 rings (SSSR count). The van der Waals surface area contributed by atoms with Crippen LogP contribution in [0.3, 0.4) is 0 Å². The van der Waals surface area contributed by atoms with E-state index in [9.17, 15) is 13.6 Å². The number of hydrogen-bond acceptors (Lipinski definition) is 4. The summed E-state index contributed by atoms with van der Waals surface area (Å²) in [5.74, 6) is -0.415. The fraction of sp³-hybridized carbons (Fsp3) is 0.364. The van der Waals surface area contributed by atoms with E-state index < -0.39 is 12.4 Å². The molecule has 1 aliphatic rings. The summed E-state index contributed by atoms with van der Waals surface area (Å²) >= 11 is 1.05. The van der Waals surface area contributed by atoms with Crippen LogP contribution in [0.5, 0.6) is 0 Å². The van der Waals surface area contributed by atoms with Crippen LogP contribution in [-0.4, -0.2) is 36.3 Å². The molecular weight excluding hydrogens is 248 g/mol. The van der Waals surface area contributed by atoms with E-state index in [1.54, 1.807) is 0 Å². The van der Waals surface area contributed by atoms with Crippen LogP contribution in [0.25, 0.3) is 0 Å². The standard InChI is InChI=1S/C11H13F2NO2S/c1-3-5-14-7-17-9(8(14)10(12)13)11(15)16-6-4-2/h3-4,10H,1-2,5-7H2. The van der Waals surface area contributed by atoms with Crippen molar-refractivity contribution in [2.75, 3.05) is 19.0 Å². The first kappa shape index (κ1) is 13.8. The molecule has 0 radical (unpaired) electrons. The second-order valence-corrected chi connectivity index (χ2v) is 4.14. The highest BCUT2D eigenvalue weighted by atomic mass is 32.2. The first-order valence-electron chi connectivity index (χ1n) is 4.90. The third-order valence-electron chi connectivity index (χ3n) is 2.01. The summed E-state index contributed by atoms with van der Waals surface area (Å²) in [6.45, 7) is 7.17. The molecule has 0 aliphatic carbocycles. The Bertz CT molecular complexity index is 355. The molecule has 0 aromatic carbocycles. The van der Waals surface area contributed by atoms with Gasteiger partial charge in [0.25, 0.3) is 6.43 Å². The Labute approximate surface area is 103 Å². The molecular formula is C11H13F2NO2S. The normalized spacial score (nSPS) is 15.4. The van der Waals surface area contributed by atoms with Gasteiger partial charge in [-0.05, 0) is 0 Å². The Morgan fingerprint density at radius 3 is 2.76 bits per heavy atom. The molecule has 0 amide bonds. The van der Waals surface area contributed by atoms with Crippen LogP contribution in [0.2, 0.25) is 0 Å². The number of ether oxygens (including phenoxy) is 1. The molecule has 0 atom stereocenters. The molecule has 0 aromatic heterocycles. The predicted molar refractivity (Wildman–Crippen MR) is 63.5 cm³/mol. The lowest BCUT2D eigenvalue weighted by Gasteiger charge is -2.18. The minimum Gasteiger partial charge on any atom is -0.457 e. The van der Waals surface area contributed by atoms with Crippen LogP contribution in [0, 0.1) is 0 Å². The Hall–Kier alpha value is -1.30. The van der Waals surface area contributed by atoms with Crippen LogP contribution in [0.1, 0.15) is 0 Å². The number of rotatable bonds is 6. The van der Waals surface area contributed by atoms with E-state index in [0.29, 0.717) is 5.88 Å². The van der Waals surface area contributed by atoms with Gasteiger partial charge in [-0.3, -0.25) is 0 Å². The highest BCUT2D eigenvalue weighted by Gasteiger charge is 2.33. The minimum atomic E-state index is -2.70. The average molecular weight is 261 g/mol. The Balaban J connectivity index is 2.87. The SMILES string of the molecule is C=CCOC(=O)C1=C(C(F)F)N(CC=C)CS1. The second kappa shape index (κ2) is 6.44. The molecule has 0 saturated heterocycles. The molecule has 0 fully saturated rings. The van der Waals surface area contributed by atoms with Gasteiger partial charge in [0.2, 0.25) is 0 Å². The van der Waals surface area contributed by atoms with Crippen molar-refractivity contribution in [3.8, 4) is 0 Å². The molecule has 0 aromatic rings. The molecule has 17 heavy (non-hydrogen) atoms. The quantitative estimate of drug-likeness (QED) is 0.542. The summed E-state index contributed by atoms with van der Waals surface area (Å²) in [5.41, 5.74) is -0.274. The third kappa shape index (κ3) is 3.33. The first-order valence-corrected chi connectivity index (χ1v) is 5.89. The molecule has 1 heterocycles. The third-order valence-corrected chi connectivity index (χ3v) is 3.12. The van der Waals surface area contributed by atoms with Crippen molar-refractivity contribution in [3.63, 3.8) is 0 Å². The van der Waals surface area contributed by atoms with Crippen LogP contribution < -0.4 is 0 Å². The van der Waals surface area contributed by atoms with Crippen LogP contribution >= 0.6 is 11.8 Å². The summed E-state index contributed by atoms with van der Waals surface area (Å²) < 4.78 is 30.5. The average Bonchev–Trinajstić information content (AvgIpc) is 2.70. The van der Waals surface area contributed by atoms with Crippen molar-refractivity contribution in [2.45, 2.75) is 6.43 Å². The lowest BCUT2D eigenvalue weighted by atomic mass is 10.3. The van der Waals surface area contributed by atoms with Crippen molar-refractivity contribution in [3.05, 3.63) is 35.9 Å². The summed E-state index contributed by atoms with van der Waals surface area (Å²) in [6, 6.07) is 0. The van der Waals surface area contributed by atoms with E-state index in [1.165, 1.54) is 17.1 Å². The number of carbonyl (C=O) groups excluding carboxylic acids is 1. The first-order chi connectivity index (χ1) is 8.11. The van der Waals surface area contributed by atoms with Crippen molar-refractivity contribution in [1.82, 2.24) is 4.90 Å². The maximum Gasteiger partial charge on any atom is 0.347 e. The maximum atomic E-state index is 12.9. The molecule has 0 N–H and O–H groups in total. The van der Waals surface area contributed by atoms with Crippen LogP contribution in [-0.2, 0) is 9.53 Å². The monoisotopic (exact) mass is 261 g/mol. The zero-order chi connectivity index (χ0) is 12.8. The molecule has 1 aliphatic heterocycles. The van der Waals surface area contributed by atoms with Crippen molar-refractivity contribution in [1.29, 1.82) is 0 Å². The molecule has 94 valence electrons. The Kier molecular flexibility index (Phi) is 5.21. The van der Waals surface area contributed by atoms with Gasteiger partial charge in [0.05, 0.1) is 5.88 Å². The number of hydrogen-bond donors (Lipinski definition) is 0. The molecule has 0 saturated carbocycles. The molecule has 0 bridgehead atoms. The number of allylic oxidation sites excluding steroid dienone is 1. The van der Waals surface area contributed by atoms with Crippen molar-refractivity contribution >= 4 is 17.7 Å². The van der Waals surface area contributed by atoms with E-state index >= 15 is 0 Å². The highest BCUT2D eigenvalue weighted by Crippen LogP contribution is 2.35. The van der Waals surface area contributed by atoms with Gasteiger partial charge in [-0.2, -0.15) is 0 Å². The van der Waals surface area contributed by atoms with E-state index in [2.05, 4.69) is 13.2 Å². The van der Waals surface area contributed by atoms with Gasteiger partial charge in [-0.1, -0.05) is 30.5 Å². The zero-order valence-electron chi connectivity index (χ0n) is 9.20. The minimum absolute atomic E-state index is 0.0148. The van der Waals surface area contributed by atoms with E-state index in [4.69, 9.17) is 4.74 Å². The summed E-state index contributed by atoms with van der Waals surface area (Å²) in [6.07, 6.45) is 0.207. The number of nitrogens with zero attached hydrogens (tertiary/aromatic N) is 1. The van der Waals surface area contributed by atoms with Gasteiger partial charge in [0, 0.05) is 6.54 Å². The smallest absolute Gasteiger partial charge is 0.347 e. The summed E-state index contributed by atoms with van der Waals surface area (Å²) in [4.78, 5) is 12.9. The number of esters is 1. The molecule has 3 nitrogen and oxygen atoms in total. The van der Waals surface area contributed by atoms with Gasteiger partial charge in [0.15, 0.2) is 0 Å². The Morgan fingerprint density at radius 2 is 2.24 bits per heavy atom. The van der Waals surface area contributed by atoms with E-state index in [1.807, 2.05) is 0 Å². The Morgan fingerprint density at radius 1 is 1.53 bits per heavy atom. The fourth-order valence-electron chi connectivity index (χ4n) is 1.34.